The third kappa shape index (κ3) is 9.02. The Bertz CT molecular complexity index is 265. The van der Waals surface area contributed by atoms with Gasteiger partial charge in [-0.15, -0.1) is 0 Å². The molecule has 13 heavy (non-hydrogen) atoms. The van der Waals surface area contributed by atoms with Crippen LogP contribution in [0.1, 0.15) is 12.5 Å². The quantitative estimate of drug-likeness (QED) is 0.682. The zero-order chi connectivity index (χ0) is 10.1. The minimum Gasteiger partial charge on any atom is -0.326 e. The SMILES string of the molecule is CC=Cc1ccccc1.O=[PH](O)O. The van der Waals surface area contributed by atoms with Gasteiger partial charge in [0.2, 0.25) is 0 Å². The summed E-state index contributed by atoms with van der Waals surface area (Å²) < 4.78 is 8.74. The van der Waals surface area contributed by atoms with Crippen LogP contribution >= 0.6 is 8.25 Å². The van der Waals surface area contributed by atoms with E-state index in [-0.39, 0.29) is 0 Å². The highest BCUT2D eigenvalue weighted by Gasteiger charge is 1.77. The summed E-state index contributed by atoms with van der Waals surface area (Å²) >= 11 is 0. The van der Waals surface area contributed by atoms with Gasteiger partial charge in [-0.25, -0.2) is 0 Å². The summed E-state index contributed by atoms with van der Waals surface area (Å²) in [6.07, 6.45) is 4.12. The van der Waals surface area contributed by atoms with Crippen molar-refractivity contribution in [3.63, 3.8) is 0 Å². The molecule has 0 aliphatic rings. The summed E-state index contributed by atoms with van der Waals surface area (Å²) in [5, 5.41) is 0. The van der Waals surface area contributed by atoms with E-state index in [1.807, 2.05) is 31.2 Å². The maximum Gasteiger partial charge on any atom is 0.314 e. The van der Waals surface area contributed by atoms with Gasteiger partial charge in [-0.3, -0.25) is 4.57 Å². The predicted molar refractivity (Wildman–Crippen MR) is 54.6 cm³/mol. The van der Waals surface area contributed by atoms with Crippen LogP contribution in [-0.2, 0) is 4.57 Å². The van der Waals surface area contributed by atoms with Crippen LogP contribution in [0.2, 0.25) is 0 Å². The van der Waals surface area contributed by atoms with E-state index in [4.69, 9.17) is 14.4 Å². The molecule has 4 heteroatoms. The van der Waals surface area contributed by atoms with Crippen LogP contribution in [0, 0.1) is 0 Å². The third-order valence-corrected chi connectivity index (χ3v) is 1.16. The van der Waals surface area contributed by atoms with Gasteiger partial charge in [0.05, 0.1) is 0 Å². The molecule has 0 heterocycles. The highest BCUT2D eigenvalue weighted by atomic mass is 31.1. The molecule has 0 aliphatic heterocycles. The highest BCUT2D eigenvalue weighted by Crippen LogP contribution is 1.99. The molecule has 1 aromatic carbocycles. The average Bonchev–Trinajstić information content (AvgIpc) is 2.06. The van der Waals surface area contributed by atoms with Crippen molar-refractivity contribution >= 4 is 14.3 Å². The van der Waals surface area contributed by atoms with Crippen molar-refractivity contribution in [2.75, 3.05) is 0 Å². The molecule has 1 aromatic rings. The van der Waals surface area contributed by atoms with E-state index in [1.165, 1.54) is 5.56 Å². The molecular weight excluding hydrogens is 187 g/mol. The van der Waals surface area contributed by atoms with E-state index in [1.54, 1.807) is 0 Å². The Labute approximate surface area is 78.3 Å². The molecule has 0 unspecified atom stereocenters. The van der Waals surface area contributed by atoms with Gasteiger partial charge in [-0.2, -0.15) is 0 Å². The van der Waals surface area contributed by atoms with Crippen molar-refractivity contribution in [3.05, 3.63) is 42.0 Å². The van der Waals surface area contributed by atoms with Gasteiger partial charge in [0.15, 0.2) is 0 Å². The maximum atomic E-state index is 8.74. The van der Waals surface area contributed by atoms with Gasteiger partial charge in [0.1, 0.15) is 0 Å². The Morgan fingerprint density at radius 3 is 2.08 bits per heavy atom. The van der Waals surface area contributed by atoms with Crippen LogP contribution in [0.15, 0.2) is 36.4 Å². The standard InChI is InChI=1S/C9H10.H3O3P/c1-2-6-9-7-4-3-5-8-9;1-4(2)3/h2-8H,1H3;4H,(H2,1,2,3). The molecule has 0 atom stereocenters. The Kier molecular flexibility index (Phi) is 7.21. The first-order valence-electron chi connectivity index (χ1n) is 3.76. The minimum atomic E-state index is -3.13. The lowest BCUT2D eigenvalue weighted by Gasteiger charge is -1.86. The molecule has 2 N–H and O–H groups in total. The summed E-state index contributed by atoms with van der Waals surface area (Å²) in [6, 6.07) is 10.3. The molecule has 0 saturated carbocycles. The molecule has 3 nitrogen and oxygen atoms in total. The van der Waals surface area contributed by atoms with E-state index in [9.17, 15) is 0 Å². The Morgan fingerprint density at radius 2 is 1.69 bits per heavy atom. The number of hydrogen-bond acceptors (Lipinski definition) is 1. The summed E-state index contributed by atoms with van der Waals surface area (Å²) in [6.45, 7) is 2.02. The number of rotatable bonds is 1. The molecule has 0 saturated heterocycles. The second-order valence-corrected chi connectivity index (χ2v) is 2.76. The maximum absolute atomic E-state index is 8.74. The minimum absolute atomic E-state index is 1.26. The molecule has 72 valence electrons. The van der Waals surface area contributed by atoms with Crippen LogP contribution in [-0.4, -0.2) is 9.79 Å². The van der Waals surface area contributed by atoms with Crippen LogP contribution in [0.5, 0.6) is 0 Å². The molecule has 0 amide bonds. The topological polar surface area (TPSA) is 57.5 Å². The fraction of sp³-hybridized carbons (Fsp3) is 0.111. The lowest BCUT2D eigenvalue weighted by Crippen LogP contribution is -1.65. The van der Waals surface area contributed by atoms with Crippen molar-refractivity contribution in [2.45, 2.75) is 6.92 Å². The molecule has 0 spiro atoms. The van der Waals surface area contributed by atoms with Gasteiger partial charge in [-0.1, -0.05) is 42.5 Å². The van der Waals surface area contributed by atoms with Gasteiger partial charge in [0.25, 0.3) is 0 Å². The van der Waals surface area contributed by atoms with E-state index >= 15 is 0 Å². The zero-order valence-corrected chi connectivity index (χ0v) is 8.34. The lowest BCUT2D eigenvalue weighted by atomic mass is 10.2. The Morgan fingerprint density at radius 1 is 1.23 bits per heavy atom. The summed E-state index contributed by atoms with van der Waals surface area (Å²) in [4.78, 5) is 14.3. The van der Waals surface area contributed by atoms with Crippen molar-refractivity contribution in [3.8, 4) is 0 Å². The Hall–Kier alpha value is -0.890. The molecule has 1 rings (SSSR count). The first kappa shape index (κ1) is 12.1. The van der Waals surface area contributed by atoms with Gasteiger partial charge in [0, 0.05) is 0 Å². The first-order chi connectivity index (χ1) is 6.16. The fourth-order valence-electron chi connectivity index (χ4n) is 0.757. The van der Waals surface area contributed by atoms with Crippen LogP contribution < -0.4 is 0 Å². The summed E-state index contributed by atoms with van der Waals surface area (Å²) in [7, 11) is -3.13. The van der Waals surface area contributed by atoms with Crippen molar-refractivity contribution < 1.29 is 14.4 Å². The number of hydrogen-bond donors (Lipinski definition) is 2. The zero-order valence-electron chi connectivity index (χ0n) is 7.34. The largest absolute Gasteiger partial charge is 0.326 e. The smallest absolute Gasteiger partial charge is 0.314 e. The van der Waals surface area contributed by atoms with Crippen LogP contribution in [0.4, 0.5) is 0 Å². The van der Waals surface area contributed by atoms with Gasteiger partial charge in [-0.05, 0) is 12.5 Å². The third-order valence-electron chi connectivity index (χ3n) is 1.16. The molecular formula is C9H13O3P. The second kappa shape index (κ2) is 7.74. The van der Waals surface area contributed by atoms with Gasteiger partial charge < -0.3 is 9.79 Å². The van der Waals surface area contributed by atoms with Crippen molar-refractivity contribution in [2.24, 2.45) is 0 Å². The molecule has 0 bridgehead atoms. The molecule has 0 aromatic heterocycles. The molecule has 0 radical (unpaired) electrons. The Balaban J connectivity index is 0.000000310. The average molecular weight is 200 g/mol. The van der Waals surface area contributed by atoms with Crippen LogP contribution in [0.25, 0.3) is 6.08 Å². The normalized spacial score (nSPS) is 9.85. The number of allylic oxidation sites excluding steroid dienone is 1. The molecule has 0 fully saturated rings. The first-order valence-corrected chi connectivity index (χ1v) is 5.06. The molecule has 0 aliphatic carbocycles. The predicted octanol–water partition coefficient (Wildman–Crippen LogP) is 2.08. The highest BCUT2D eigenvalue weighted by molar-refractivity contribution is 7.30. The second-order valence-electron chi connectivity index (χ2n) is 2.19. The summed E-state index contributed by atoms with van der Waals surface area (Å²) in [5.74, 6) is 0. The number of benzene rings is 1. The van der Waals surface area contributed by atoms with E-state index in [2.05, 4.69) is 18.2 Å². The van der Waals surface area contributed by atoms with Crippen molar-refractivity contribution in [1.82, 2.24) is 0 Å². The van der Waals surface area contributed by atoms with E-state index in [0.29, 0.717) is 0 Å². The van der Waals surface area contributed by atoms with E-state index < -0.39 is 8.25 Å². The van der Waals surface area contributed by atoms with Crippen LogP contribution in [0.3, 0.4) is 0 Å². The monoisotopic (exact) mass is 200 g/mol. The lowest BCUT2D eigenvalue weighted by molar-refractivity contribution is 0.405. The van der Waals surface area contributed by atoms with Crippen molar-refractivity contribution in [1.29, 1.82) is 0 Å². The van der Waals surface area contributed by atoms with Gasteiger partial charge >= 0.3 is 8.25 Å². The summed E-state index contributed by atoms with van der Waals surface area (Å²) in [5.41, 5.74) is 1.26. The van der Waals surface area contributed by atoms with E-state index in [0.717, 1.165) is 0 Å². The fourth-order valence-corrected chi connectivity index (χ4v) is 0.757.